The van der Waals surface area contributed by atoms with Crippen molar-refractivity contribution in [2.75, 3.05) is 13.6 Å². The molecule has 1 aromatic rings. The van der Waals surface area contributed by atoms with E-state index in [-0.39, 0.29) is 5.82 Å². The molecule has 0 aliphatic carbocycles. The predicted octanol–water partition coefficient (Wildman–Crippen LogP) is 3.42. The summed E-state index contributed by atoms with van der Waals surface area (Å²) in [5.74, 6) is -0.169. The van der Waals surface area contributed by atoms with Crippen molar-refractivity contribution < 1.29 is 4.39 Å². The molecule has 0 aromatic heterocycles. The van der Waals surface area contributed by atoms with Crippen LogP contribution in [0, 0.1) is 5.82 Å². The van der Waals surface area contributed by atoms with Gasteiger partial charge in [0.15, 0.2) is 0 Å². The van der Waals surface area contributed by atoms with E-state index in [1.54, 1.807) is 0 Å². The smallest absolute Gasteiger partial charge is 0.123 e. The minimum atomic E-state index is -0.169. The lowest BCUT2D eigenvalue weighted by atomic mass is 10.1. The quantitative estimate of drug-likeness (QED) is 0.775. The van der Waals surface area contributed by atoms with Crippen molar-refractivity contribution in [3.63, 3.8) is 0 Å². The lowest BCUT2D eigenvalue weighted by Crippen LogP contribution is -2.41. The molecule has 1 unspecified atom stereocenters. The van der Waals surface area contributed by atoms with Gasteiger partial charge >= 0.3 is 0 Å². The molecule has 0 aliphatic rings. The molecule has 0 amide bonds. The third-order valence-electron chi connectivity index (χ3n) is 3.35. The molecule has 1 rings (SSSR count). The molecule has 2 nitrogen and oxygen atoms in total. The zero-order valence-electron chi connectivity index (χ0n) is 12.6. The second kappa shape index (κ2) is 8.28. The fraction of sp³-hybridized carbons (Fsp3) is 0.625. The average Bonchev–Trinajstić information content (AvgIpc) is 2.37. The second-order valence-corrected chi connectivity index (χ2v) is 5.55. The molecule has 0 spiro atoms. The third kappa shape index (κ3) is 6.17. The first-order valence-corrected chi connectivity index (χ1v) is 7.21. The number of hydrogen-bond donors (Lipinski definition) is 1. The standard InChI is InChI=1S/C16H27FN2/c1-5-6-16(11-18-13(2)3)19(4)12-14-7-9-15(17)10-8-14/h7-10,13,16,18H,5-6,11-12H2,1-4H3. The normalized spacial score (nSPS) is 13.2. The highest BCUT2D eigenvalue weighted by molar-refractivity contribution is 5.15. The molecule has 1 atom stereocenters. The minimum Gasteiger partial charge on any atom is -0.313 e. The Morgan fingerprint density at radius 1 is 1.21 bits per heavy atom. The molecule has 1 aromatic carbocycles. The highest BCUT2D eigenvalue weighted by Gasteiger charge is 2.14. The summed E-state index contributed by atoms with van der Waals surface area (Å²) in [5, 5.41) is 3.50. The van der Waals surface area contributed by atoms with Crippen molar-refractivity contribution in [2.24, 2.45) is 0 Å². The van der Waals surface area contributed by atoms with Crippen LogP contribution in [0.5, 0.6) is 0 Å². The first-order chi connectivity index (χ1) is 9.02. The van der Waals surface area contributed by atoms with E-state index in [1.165, 1.54) is 25.0 Å². The minimum absolute atomic E-state index is 0.169. The van der Waals surface area contributed by atoms with Crippen LogP contribution >= 0.6 is 0 Å². The molecule has 0 bridgehead atoms. The summed E-state index contributed by atoms with van der Waals surface area (Å²) in [6.07, 6.45) is 2.36. The highest BCUT2D eigenvalue weighted by atomic mass is 19.1. The van der Waals surface area contributed by atoms with E-state index >= 15 is 0 Å². The van der Waals surface area contributed by atoms with E-state index in [0.717, 1.165) is 18.7 Å². The first-order valence-electron chi connectivity index (χ1n) is 7.21. The summed E-state index contributed by atoms with van der Waals surface area (Å²) in [5.41, 5.74) is 1.16. The van der Waals surface area contributed by atoms with E-state index < -0.39 is 0 Å². The van der Waals surface area contributed by atoms with Crippen LogP contribution in [0.3, 0.4) is 0 Å². The Bertz CT molecular complexity index is 348. The third-order valence-corrected chi connectivity index (χ3v) is 3.35. The van der Waals surface area contributed by atoms with Crippen LogP contribution in [-0.4, -0.2) is 30.6 Å². The number of halogens is 1. The Hall–Kier alpha value is -0.930. The van der Waals surface area contributed by atoms with Gasteiger partial charge in [0.05, 0.1) is 0 Å². The highest BCUT2D eigenvalue weighted by Crippen LogP contribution is 2.11. The molecule has 0 saturated carbocycles. The number of hydrogen-bond acceptors (Lipinski definition) is 2. The maximum Gasteiger partial charge on any atom is 0.123 e. The molecule has 108 valence electrons. The van der Waals surface area contributed by atoms with Crippen LogP contribution in [0.25, 0.3) is 0 Å². The number of likely N-dealkylation sites (N-methyl/N-ethyl adjacent to an activating group) is 1. The van der Waals surface area contributed by atoms with Gasteiger partial charge in [-0.15, -0.1) is 0 Å². The Balaban J connectivity index is 2.55. The van der Waals surface area contributed by atoms with E-state index in [4.69, 9.17) is 0 Å². The lowest BCUT2D eigenvalue weighted by molar-refractivity contribution is 0.211. The first kappa shape index (κ1) is 16.1. The van der Waals surface area contributed by atoms with E-state index in [1.807, 2.05) is 12.1 Å². The van der Waals surface area contributed by atoms with Gasteiger partial charge < -0.3 is 5.32 Å². The van der Waals surface area contributed by atoms with Gasteiger partial charge in [-0.25, -0.2) is 4.39 Å². The zero-order chi connectivity index (χ0) is 14.3. The molecule has 19 heavy (non-hydrogen) atoms. The van der Waals surface area contributed by atoms with E-state index in [9.17, 15) is 4.39 Å². The maximum absolute atomic E-state index is 12.9. The number of nitrogens with zero attached hydrogens (tertiary/aromatic N) is 1. The van der Waals surface area contributed by atoms with E-state index in [2.05, 4.69) is 38.0 Å². The van der Waals surface area contributed by atoms with Crippen molar-refractivity contribution in [1.29, 1.82) is 0 Å². The average molecular weight is 266 g/mol. The Morgan fingerprint density at radius 3 is 2.37 bits per heavy atom. The molecule has 3 heteroatoms. The van der Waals surface area contributed by atoms with Gasteiger partial charge in [0.25, 0.3) is 0 Å². The van der Waals surface area contributed by atoms with Crippen LogP contribution < -0.4 is 5.32 Å². The molecule has 0 saturated heterocycles. The Morgan fingerprint density at radius 2 is 1.84 bits per heavy atom. The molecule has 0 radical (unpaired) electrons. The molecular weight excluding hydrogens is 239 g/mol. The van der Waals surface area contributed by atoms with Crippen molar-refractivity contribution >= 4 is 0 Å². The van der Waals surface area contributed by atoms with Crippen LogP contribution in [0.1, 0.15) is 39.2 Å². The van der Waals surface area contributed by atoms with Crippen molar-refractivity contribution in [3.8, 4) is 0 Å². The summed E-state index contributed by atoms with van der Waals surface area (Å²) < 4.78 is 12.9. The lowest BCUT2D eigenvalue weighted by Gasteiger charge is -2.29. The number of rotatable bonds is 8. The Labute approximate surface area is 117 Å². The van der Waals surface area contributed by atoms with Crippen molar-refractivity contribution in [3.05, 3.63) is 35.6 Å². The summed E-state index contributed by atoms with van der Waals surface area (Å²) in [7, 11) is 2.14. The van der Waals surface area contributed by atoms with Gasteiger partial charge in [0.1, 0.15) is 5.82 Å². The monoisotopic (exact) mass is 266 g/mol. The summed E-state index contributed by atoms with van der Waals surface area (Å²) >= 11 is 0. The molecule has 1 N–H and O–H groups in total. The van der Waals surface area contributed by atoms with Crippen LogP contribution in [0.4, 0.5) is 4.39 Å². The van der Waals surface area contributed by atoms with Crippen LogP contribution in [-0.2, 0) is 6.54 Å². The molecule has 0 aliphatic heterocycles. The van der Waals surface area contributed by atoms with E-state index in [0.29, 0.717) is 12.1 Å². The predicted molar refractivity (Wildman–Crippen MR) is 79.7 cm³/mol. The summed E-state index contributed by atoms with van der Waals surface area (Å²) in [4.78, 5) is 2.35. The van der Waals surface area contributed by atoms with Gasteiger partial charge in [-0.2, -0.15) is 0 Å². The Kier molecular flexibility index (Phi) is 7.03. The van der Waals surface area contributed by atoms with Gasteiger partial charge in [-0.05, 0) is 31.2 Å². The maximum atomic E-state index is 12.9. The largest absolute Gasteiger partial charge is 0.313 e. The van der Waals surface area contributed by atoms with Crippen molar-refractivity contribution in [1.82, 2.24) is 10.2 Å². The van der Waals surface area contributed by atoms with Crippen LogP contribution in [0.2, 0.25) is 0 Å². The van der Waals surface area contributed by atoms with Gasteiger partial charge in [-0.1, -0.05) is 39.3 Å². The summed E-state index contributed by atoms with van der Waals surface area (Å²) in [6, 6.07) is 7.83. The zero-order valence-corrected chi connectivity index (χ0v) is 12.6. The number of nitrogens with one attached hydrogen (secondary N) is 1. The van der Waals surface area contributed by atoms with Gasteiger partial charge in [0, 0.05) is 25.2 Å². The number of benzene rings is 1. The van der Waals surface area contributed by atoms with Crippen LogP contribution in [0.15, 0.2) is 24.3 Å². The second-order valence-electron chi connectivity index (χ2n) is 5.55. The summed E-state index contributed by atoms with van der Waals surface area (Å²) in [6.45, 7) is 8.42. The molecule has 0 heterocycles. The SMILES string of the molecule is CCCC(CNC(C)C)N(C)Cc1ccc(F)cc1. The van der Waals surface area contributed by atoms with Gasteiger partial charge in [0.2, 0.25) is 0 Å². The fourth-order valence-corrected chi connectivity index (χ4v) is 2.19. The van der Waals surface area contributed by atoms with Gasteiger partial charge in [-0.3, -0.25) is 4.90 Å². The molecular formula is C16H27FN2. The topological polar surface area (TPSA) is 15.3 Å². The van der Waals surface area contributed by atoms with Crippen molar-refractivity contribution in [2.45, 2.75) is 52.2 Å². The fourth-order valence-electron chi connectivity index (χ4n) is 2.19. The molecule has 0 fully saturated rings.